The number of fused-ring (bicyclic) bond motifs is 2. The van der Waals surface area contributed by atoms with Crippen molar-refractivity contribution in [3.8, 4) is 0 Å². The lowest BCUT2D eigenvalue weighted by Gasteiger charge is -2.20. The van der Waals surface area contributed by atoms with Crippen LogP contribution in [-0.2, 0) is 16.0 Å². The second kappa shape index (κ2) is 8.34. The van der Waals surface area contributed by atoms with Crippen LogP contribution in [0.3, 0.4) is 0 Å². The van der Waals surface area contributed by atoms with Crippen LogP contribution < -0.4 is 16.0 Å². The maximum atomic E-state index is 12.7. The molecule has 0 aliphatic heterocycles. The Hall–Kier alpha value is -3.87. The lowest BCUT2D eigenvalue weighted by atomic mass is 9.98. The van der Waals surface area contributed by atoms with E-state index in [2.05, 4.69) is 5.32 Å². The van der Waals surface area contributed by atoms with Gasteiger partial charge >= 0.3 is 5.63 Å². The van der Waals surface area contributed by atoms with Crippen molar-refractivity contribution in [3.05, 3.63) is 80.9 Å². The second-order valence-corrected chi connectivity index (χ2v) is 7.90. The number of benzene rings is 2. The van der Waals surface area contributed by atoms with E-state index in [1.807, 2.05) is 26.8 Å². The van der Waals surface area contributed by atoms with Gasteiger partial charge in [-0.25, -0.2) is 4.79 Å². The fourth-order valence-corrected chi connectivity index (χ4v) is 4.00. The number of hydrogen-bond acceptors (Lipinski definition) is 6. The third kappa shape index (κ3) is 3.77. The predicted molar refractivity (Wildman–Crippen MR) is 117 cm³/mol. The summed E-state index contributed by atoms with van der Waals surface area (Å²) in [5.74, 6) is -1.90. The Morgan fingerprint density at radius 1 is 1.03 bits per heavy atom. The summed E-state index contributed by atoms with van der Waals surface area (Å²) in [6, 6.07) is 8.98. The normalized spacial score (nSPS) is 12.2. The van der Waals surface area contributed by atoms with E-state index in [-0.39, 0.29) is 12.8 Å². The molecule has 32 heavy (non-hydrogen) atoms. The number of carbonyl (C=O) groups is 2. The van der Waals surface area contributed by atoms with Gasteiger partial charge in [-0.2, -0.15) is 0 Å². The average Bonchev–Trinajstić information content (AvgIpc) is 3.14. The van der Waals surface area contributed by atoms with Crippen molar-refractivity contribution in [2.75, 3.05) is 0 Å². The van der Waals surface area contributed by atoms with Crippen molar-refractivity contribution >= 4 is 33.8 Å². The highest BCUT2D eigenvalue weighted by molar-refractivity contribution is 5.99. The van der Waals surface area contributed by atoms with Gasteiger partial charge in [-0.3, -0.25) is 4.79 Å². The van der Waals surface area contributed by atoms with Crippen LogP contribution in [0, 0.1) is 20.8 Å². The summed E-state index contributed by atoms with van der Waals surface area (Å²) >= 11 is 0. The lowest BCUT2D eigenvalue weighted by Crippen LogP contribution is -2.41. The number of carboxylic acid groups (broad SMARTS) is 1. The van der Waals surface area contributed by atoms with Crippen LogP contribution in [0.1, 0.15) is 40.3 Å². The number of nitrogens with one attached hydrogen (secondary N) is 1. The fourth-order valence-electron chi connectivity index (χ4n) is 4.00. The van der Waals surface area contributed by atoms with Crippen molar-refractivity contribution in [2.24, 2.45) is 0 Å². The van der Waals surface area contributed by atoms with Gasteiger partial charge in [-0.1, -0.05) is 30.3 Å². The van der Waals surface area contributed by atoms with E-state index in [9.17, 15) is 19.5 Å². The molecule has 7 heteroatoms. The zero-order valence-corrected chi connectivity index (χ0v) is 18.0. The maximum absolute atomic E-state index is 12.7. The van der Waals surface area contributed by atoms with Crippen molar-refractivity contribution < 1.29 is 23.5 Å². The molecule has 0 bridgehead atoms. The summed E-state index contributed by atoms with van der Waals surface area (Å²) in [5, 5.41) is 15.7. The predicted octanol–water partition coefficient (Wildman–Crippen LogP) is 3.00. The Morgan fingerprint density at radius 3 is 2.44 bits per heavy atom. The molecule has 1 N–H and O–H groups in total. The highest BCUT2D eigenvalue weighted by Crippen LogP contribution is 2.32. The molecule has 7 nitrogen and oxygen atoms in total. The van der Waals surface area contributed by atoms with Crippen LogP contribution in [0.5, 0.6) is 0 Å². The van der Waals surface area contributed by atoms with E-state index in [4.69, 9.17) is 8.83 Å². The zero-order chi connectivity index (χ0) is 23.0. The summed E-state index contributed by atoms with van der Waals surface area (Å²) < 4.78 is 11.2. The molecule has 1 atom stereocenters. The number of hydrogen-bond donors (Lipinski definition) is 1. The highest BCUT2D eigenvalue weighted by atomic mass is 16.4. The van der Waals surface area contributed by atoms with Gasteiger partial charge in [0, 0.05) is 28.3 Å². The summed E-state index contributed by atoms with van der Waals surface area (Å²) in [6.07, 6.45) is 1.71. The van der Waals surface area contributed by atoms with Gasteiger partial charge in [-0.05, 0) is 49.9 Å². The summed E-state index contributed by atoms with van der Waals surface area (Å²) in [6.45, 7) is 5.60. The van der Waals surface area contributed by atoms with Crippen LogP contribution in [0.15, 0.2) is 56.3 Å². The molecular formula is C25H22NO6-. The summed E-state index contributed by atoms with van der Waals surface area (Å²) in [4.78, 5) is 36.7. The first kappa shape index (κ1) is 21.4. The average molecular weight is 432 g/mol. The molecule has 0 radical (unpaired) electrons. The fraction of sp³-hybridized carbons (Fsp3) is 0.240. The second-order valence-electron chi connectivity index (χ2n) is 7.90. The minimum atomic E-state index is -1.40. The number of rotatable bonds is 6. The van der Waals surface area contributed by atoms with Crippen LogP contribution in [-0.4, -0.2) is 11.9 Å². The van der Waals surface area contributed by atoms with E-state index >= 15 is 0 Å². The van der Waals surface area contributed by atoms with Gasteiger partial charge in [0.2, 0.25) is 5.91 Å². The molecule has 0 aliphatic carbocycles. The van der Waals surface area contributed by atoms with Gasteiger partial charge in [0.05, 0.1) is 18.3 Å². The number of carbonyl (C=O) groups excluding carboxylic acids is 2. The van der Waals surface area contributed by atoms with Crippen molar-refractivity contribution in [2.45, 2.75) is 39.7 Å². The molecule has 1 amide bonds. The molecule has 0 saturated carbocycles. The van der Waals surface area contributed by atoms with Crippen LogP contribution >= 0.6 is 0 Å². The molecule has 2 aromatic heterocycles. The highest BCUT2D eigenvalue weighted by Gasteiger charge is 2.20. The van der Waals surface area contributed by atoms with E-state index in [0.29, 0.717) is 22.3 Å². The summed E-state index contributed by atoms with van der Waals surface area (Å²) in [7, 11) is 0. The maximum Gasteiger partial charge on any atom is 0.339 e. The first-order chi connectivity index (χ1) is 15.3. The molecule has 4 aromatic rings. The third-order valence-electron chi connectivity index (χ3n) is 5.81. The molecule has 0 unspecified atom stereocenters. The number of furan rings is 1. The van der Waals surface area contributed by atoms with Crippen molar-refractivity contribution in [1.29, 1.82) is 0 Å². The first-order valence-electron chi connectivity index (χ1n) is 10.3. The van der Waals surface area contributed by atoms with Crippen molar-refractivity contribution in [1.82, 2.24) is 5.32 Å². The Kier molecular flexibility index (Phi) is 5.57. The molecule has 2 heterocycles. The molecular weight excluding hydrogens is 410 g/mol. The minimum absolute atomic E-state index is 0.0698. The number of amides is 1. The van der Waals surface area contributed by atoms with Gasteiger partial charge < -0.3 is 24.1 Å². The van der Waals surface area contributed by atoms with E-state index < -0.39 is 23.5 Å². The Balaban J connectivity index is 1.61. The topological polar surface area (TPSA) is 113 Å². The quantitative estimate of drug-likeness (QED) is 0.469. The van der Waals surface area contributed by atoms with Gasteiger partial charge in [0.1, 0.15) is 11.2 Å². The number of aliphatic carboxylic acids is 1. The monoisotopic (exact) mass is 432 g/mol. The van der Waals surface area contributed by atoms with Crippen LogP contribution in [0.25, 0.3) is 21.9 Å². The van der Waals surface area contributed by atoms with E-state index in [1.165, 1.54) is 0 Å². The Labute approximate surface area is 183 Å². The largest absolute Gasteiger partial charge is 0.548 e. The van der Waals surface area contributed by atoms with Gasteiger partial charge in [0.15, 0.2) is 0 Å². The van der Waals surface area contributed by atoms with Crippen LogP contribution in [0.2, 0.25) is 0 Å². The zero-order valence-electron chi connectivity index (χ0n) is 18.0. The van der Waals surface area contributed by atoms with Crippen molar-refractivity contribution in [3.63, 3.8) is 0 Å². The van der Waals surface area contributed by atoms with E-state index in [0.717, 1.165) is 27.5 Å². The molecule has 0 saturated heterocycles. The van der Waals surface area contributed by atoms with Gasteiger partial charge in [-0.15, -0.1) is 0 Å². The van der Waals surface area contributed by atoms with E-state index in [1.54, 1.807) is 36.6 Å². The third-order valence-corrected chi connectivity index (χ3v) is 5.81. The number of carboxylic acids is 1. The molecule has 0 aliphatic rings. The molecule has 4 rings (SSSR count). The standard InChI is InChI=1S/C25H23NO6/c1-13-12-31-22-15(3)23-19(11-18(13)22)14(2)17(25(30)32-23)9-10-20(27)26-21(24(28)29)16-7-5-4-6-8-16/h4-8,11-12,21H,9-10H2,1-3H3,(H,26,27)(H,28,29)/p-1/t21-/m1/s1. The Bertz CT molecular complexity index is 1400. The number of aryl methyl sites for hydroxylation is 3. The smallest absolute Gasteiger partial charge is 0.339 e. The summed E-state index contributed by atoms with van der Waals surface area (Å²) in [5.41, 5.74) is 3.87. The SMILES string of the molecule is Cc1coc2c(C)c3oc(=O)c(CCC(=O)N[C@@H](C(=O)[O-])c4ccccc4)c(C)c3cc12. The lowest BCUT2D eigenvalue weighted by molar-refractivity contribution is -0.308. The molecule has 2 aromatic carbocycles. The minimum Gasteiger partial charge on any atom is -0.548 e. The van der Waals surface area contributed by atoms with Gasteiger partial charge in [0.25, 0.3) is 0 Å². The molecule has 0 spiro atoms. The molecule has 0 fully saturated rings. The first-order valence-corrected chi connectivity index (χ1v) is 10.3. The Morgan fingerprint density at radius 2 is 1.75 bits per heavy atom. The molecule has 164 valence electrons. The van der Waals surface area contributed by atoms with Crippen LogP contribution in [0.4, 0.5) is 0 Å².